The summed E-state index contributed by atoms with van der Waals surface area (Å²) in [5.74, 6) is 3.74. The Balaban J connectivity index is 1.63. The Labute approximate surface area is 156 Å². The Morgan fingerprint density at radius 2 is 1.72 bits per heavy atom. The predicted octanol–water partition coefficient (Wildman–Crippen LogP) is 6.35. The number of hydrogen-bond acceptors (Lipinski definition) is 1. The molecule has 0 spiro atoms. The second kappa shape index (κ2) is 6.70. The van der Waals surface area contributed by atoms with E-state index in [0.717, 1.165) is 23.7 Å². The van der Waals surface area contributed by atoms with E-state index < -0.39 is 0 Å². The van der Waals surface area contributed by atoms with E-state index in [1.807, 2.05) is 11.1 Å². The van der Waals surface area contributed by atoms with Crippen LogP contribution in [0.4, 0.5) is 0 Å². The van der Waals surface area contributed by atoms with Gasteiger partial charge >= 0.3 is 0 Å². The zero-order valence-electron chi connectivity index (χ0n) is 17.3. The van der Waals surface area contributed by atoms with Gasteiger partial charge in [-0.2, -0.15) is 0 Å². The number of rotatable bonds is 2. The van der Waals surface area contributed by atoms with E-state index in [-0.39, 0.29) is 0 Å². The molecule has 142 valence electrons. The Bertz CT molecular complexity index is 526. The minimum Gasteiger partial charge on any atom is -0.317 e. The summed E-state index contributed by atoms with van der Waals surface area (Å²) >= 11 is 0. The predicted molar refractivity (Wildman–Crippen MR) is 108 cm³/mol. The van der Waals surface area contributed by atoms with E-state index in [9.17, 15) is 0 Å². The third-order valence-corrected chi connectivity index (χ3v) is 9.32. The molecule has 1 heteroatoms. The highest BCUT2D eigenvalue weighted by Gasteiger charge is 2.55. The molecule has 0 bridgehead atoms. The third-order valence-electron chi connectivity index (χ3n) is 9.32. The van der Waals surface area contributed by atoms with Crippen LogP contribution in [0.25, 0.3) is 0 Å². The molecule has 0 aromatic heterocycles. The van der Waals surface area contributed by atoms with Gasteiger partial charge in [-0.25, -0.2) is 0 Å². The van der Waals surface area contributed by atoms with Crippen molar-refractivity contribution < 1.29 is 0 Å². The topological polar surface area (TPSA) is 12.0 Å². The van der Waals surface area contributed by atoms with Crippen molar-refractivity contribution in [2.45, 2.75) is 91.9 Å². The normalized spacial score (nSPS) is 43.1. The highest BCUT2D eigenvalue weighted by atomic mass is 14.9. The van der Waals surface area contributed by atoms with Crippen LogP contribution in [0.3, 0.4) is 0 Å². The molecule has 3 aliphatic carbocycles. The lowest BCUT2D eigenvalue weighted by atomic mass is 9.45. The van der Waals surface area contributed by atoms with Gasteiger partial charge in [0.25, 0.3) is 0 Å². The molecule has 0 amide bonds. The summed E-state index contributed by atoms with van der Waals surface area (Å²) in [5, 5.41) is 3.60. The molecular formula is C24H41N. The summed E-state index contributed by atoms with van der Waals surface area (Å²) < 4.78 is 0. The molecule has 1 unspecified atom stereocenters. The van der Waals surface area contributed by atoms with Crippen LogP contribution in [0.5, 0.6) is 0 Å². The van der Waals surface area contributed by atoms with Gasteiger partial charge in [0, 0.05) is 0 Å². The van der Waals surface area contributed by atoms with E-state index in [1.165, 1.54) is 77.3 Å². The number of fused-ring (bicyclic) bond motifs is 2. The van der Waals surface area contributed by atoms with E-state index in [1.54, 1.807) is 0 Å². The zero-order chi connectivity index (χ0) is 17.7. The van der Waals surface area contributed by atoms with Crippen molar-refractivity contribution in [3.8, 4) is 0 Å². The van der Waals surface area contributed by atoms with Crippen molar-refractivity contribution >= 4 is 0 Å². The lowest BCUT2D eigenvalue weighted by Crippen LogP contribution is -2.52. The van der Waals surface area contributed by atoms with Crippen molar-refractivity contribution in [1.29, 1.82) is 0 Å². The summed E-state index contributed by atoms with van der Waals surface area (Å²) in [7, 11) is 0. The Morgan fingerprint density at radius 3 is 2.44 bits per heavy atom. The van der Waals surface area contributed by atoms with E-state index in [2.05, 4.69) is 33.0 Å². The molecule has 1 heterocycles. The minimum absolute atomic E-state index is 0.535. The summed E-state index contributed by atoms with van der Waals surface area (Å²) in [6.07, 6.45) is 14.5. The van der Waals surface area contributed by atoms with Gasteiger partial charge in [0.2, 0.25) is 0 Å². The fourth-order valence-corrected chi connectivity index (χ4v) is 7.77. The molecule has 0 aromatic carbocycles. The molecule has 1 aliphatic heterocycles. The van der Waals surface area contributed by atoms with Gasteiger partial charge in [-0.15, -0.1) is 0 Å². The van der Waals surface area contributed by atoms with Gasteiger partial charge in [0.05, 0.1) is 0 Å². The van der Waals surface area contributed by atoms with Crippen LogP contribution in [-0.2, 0) is 0 Å². The van der Waals surface area contributed by atoms with Crippen molar-refractivity contribution in [2.75, 3.05) is 13.1 Å². The fourth-order valence-electron chi connectivity index (χ4n) is 7.77. The summed E-state index contributed by atoms with van der Waals surface area (Å²) in [6, 6.07) is 0. The SMILES string of the molecule is CC(C)C1CCC2=C(CC[C@@H]3[C@]2(C)CCC[C@]3(C)C2CCNCC2)C1. The number of piperidine rings is 1. The van der Waals surface area contributed by atoms with Crippen LogP contribution in [0, 0.1) is 34.5 Å². The maximum Gasteiger partial charge on any atom is -0.00461 e. The lowest BCUT2D eigenvalue weighted by molar-refractivity contribution is -0.0551. The van der Waals surface area contributed by atoms with Gasteiger partial charge in [0.1, 0.15) is 0 Å². The van der Waals surface area contributed by atoms with Crippen molar-refractivity contribution in [2.24, 2.45) is 34.5 Å². The average molecular weight is 344 g/mol. The first kappa shape index (κ1) is 18.1. The maximum atomic E-state index is 3.60. The van der Waals surface area contributed by atoms with Gasteiger partial charge in [0.15, 0.2) is 0 Å². The number of allylic oxidation sites excluding steroid dienone is 2. The average Bonchev–Trinajstić information content (AvgIpc) is 2.62. The van der Waals surface area contributed by atoms with Crippen LogP contribution in [0.15, 0.2) is 11.1 Å². The Morgan fingerprint density at radius 1 is 0.960 bits per heavy atom. The second-order valence-corrected chi connectivity index (χ2v) is 10.7. The van der Waals surface area contributed by atoms with E-state index in [4.69, 9.17) is 0 Å². The summed E-state index contributed by atoms with van der Waals surface area (Å²) in [6.45, 7) is 12.8. The van der Waals surface area contributed by atoms with Crippen LogP contribution in [0.1, 0.15) is 91.9 Å². The van der Waals surface area contributed by atoms with Crippen LogP contribution in [-0.4, -0.2) is 13.1 Å². The van der Waals surface area contributed by atoms with Gasteiger partial charge in [-0.3, -0.25) is 0 Å². The molecule has 1 nitrogen and oxygen atoms in total. The van der Waals surface area contributed by atoms with Gasteiger partial charge in [-0.05, 0) is 105 Å². The van der Waals surface area contributed by atoms with Crippen LogP contribution in [0.2, 0.25) is 0 Å². The first-order chi connectivity index (χ1) is 11.9. The molecule has 25 heavy (non-hydrogen) atoms. The maximum absolute atomic E-state index is 3.60. The molecule has 4 atom stereocenters. The molecule has 4 rings (SSSR count). The first-order valence-corrected chi connectivity index (χ1v) is 11.4. The molecular weight excluding hydrogens is 302 g/mol. The van der Waals surface area contributed by atoms with Crippen molar-refractivity contribution in [1.82, 2.24) is 5.32 Å². The van der Waals surface area contributed by atoms with Gasteiger partial charge < -0.3 is 5.32 Å². The minimum atomic E-state index is 0.535. The number of nitrogens with one attached hydrogen (secondary N) is 1. The highest BCUT2D eigenvalue weighted by Crippen LogP contribution is 2.64. The van der Waals surface area contributed by atoms with Crippen LogP contribution < -0.4 is 5.32 Å². The monoisotopic (exact) mass is 343 g/mol. The summed E-state index contributed by atoms with van der Waals surface area (Å²) in [5.41, 5.74) is 5.01. The first-order valence-electron chi connectivity index (χ1n) is 11.4. The van der Waals surface area contributed by atoms with E-state index >= 15 is 0 Å². The van der Waals surface area contributed by atoms with Crippen molar-refractivity contribution in [3.63, 3.8) is 0 Å². The third kappa shape index (κ3) is 2.93. The van der Waals surface area contributed by atoms with Crippen LogP contribution >= 0.6 is 0 Å². The Hall–Kier alpha value is -0.300. The molecule has 4 aliphatic rings. The summed E-state index contributed by atoms with van der Waals surface area (Å²) in [4.78, 5) is 0. The molecule has 0 aromatic rings. The zero-order valence-corrected chi connectivity index (χ0v) is 17.3. The smallest absolute Gasteiger partial charge is 0.00461 e. The lowest BCUT2D eigenvalue weighted by Gasteiger charge is -2.60. The Kier molecular flexibility index (Phi) is 4.84. The van der Waals surface area contributed by atoms with Gasteiger partial charge in [-0.1, -0.05) is 45.3 Å². The number of hydrogen-bond donors (Lipinski definition) is 1. The molecule has 2 fully saturated rings. The molecule has 1 saturated heterocycles. The standard InChI is InChI=1S/C24H41N/c1-17(2)18-6-8-21-19(16-18)7-9-22-23(3,12-5-13-24(21,22)4)20-10-14-25-15-11-20/h17-18,20,22,25H,5-16H2,1-4H3/t18?,22-,23+,24+/m0/s1. The quantitative estimate of drug-likeness (QED) is 0.576. The highest BCUT2D eigenvalue weighted by molar-refractivity contribution is 5.31. The largest absolute Gasteiger partial charge is 0.317 e. The molecule has 0 radical (unpaired) electrons. The van der Waals surface area contributed by atoms with E-state index in [0.29, 0.717) is 10.8 Å². The fraction of sp³-hybridized carbons (Fsp3) is 0.917. The second-order valence-electron chi connectivity index (χ2n) is 10.7. The van der Waals surface area contributed by atoms with Crippen molar-refractivity contribution in [3.05, 3.63) is 11.1 Å². The molecule has 1 N–H and O–H groups in total. The molecule has 1 saturated carbocycles.